The Hall–Kier alpha value is -1.89. The summed E-state index contributed by atoms with van der Waals surface area (Å²) in [4.78, 5) is 23.2. The van der Waals surface area contributed by atoms with Gasteiger partial charge in [-0.05, 0) is 37.0 Å². The number of nitrogens with one attached hydrogen (secondary N) is 3. The highest BCUT2D eigenvalue weighted by atomic mass is 32.2. The molecular weight excluding hydrogens is 338 g/mol. The van der Waals surface area contributed by atoms with E-state index in [0.29, 0.717) is 18.2 Å². The SMILES string of the molecule is O=C(CCCC[C@@H]1SC[C@H]2NC(=O)N[C@H]12)NCCc1ccc(O)cc1. The van der Waals surface area contributed by atoms with Crippen molar-refractivity contribution in [1.82, 2.24) is 16.0 Å². The molecule has 0 radical (unpaired) electrons. The average molecular weight is 363 g/mol. The van der Waals surface area contributed by atoms with Crippen LogP contribution in [0.4, 0.5) is 4.79 Å². The van der Waals surface area contributed by atoms with Crippen molar-refractivity contribution >= 4 is 23.7 Å². The van der Waals surface area contributed by atoms with Crippen LogP contribution in [0.5, 0.6) is 5.75 Å². The molecule has 2 aliphatic heterocycles. The first-order chi connectivity index (χ1) is 12.1. The maximum Gasteiger partial charge on any atom is 0.315 e. The molecular formula is C18H25N3O3S. The summed E-state index contributed by atoms with van der Waals surface area (Å²) in [6.45, 7) is 0.615. The number of amides is 3. The summed E-state index contributed by atoms with van der Waals surface area (Å²) in [6.07, 6.45) is 4.23. The Morgan fingerprint density at radius 2 is 2.04 bits per heavy atom. The van der Waals surface area contributed by atoms with Crippen LogP contribution < -0.4 is 16.0 Å². The Balaban J connectivity index is 1.26. The summed E-state index contributed by atoms with van der Waals surface area (Å²) in [5, 5.41) is 18.6. The van der Waals surface area contributed by atoms with E-state index < -0.39 is 0 Å². The third-order valence-electron chi connectivity index (χ3n) is 4.75. The van der Waals surface area contributed by atoms with Crippen LogP contribution in [0, 0.1) is 0 Å². The zero-order valence-corrected chi connectivity index (χ0v) is 15.0. The first kappa shape index (κ1) is 17.9. The lowest BCUT2D eigenvalue weighted by molar-refractivity contribution is -0.121. The van der Waals surface area contributed by atoms with E-state index in [4.69, 9.17) is 0 Å². The second-order valence-corrected chi connectivity index (χ2v) is 7.91. The van der Waals surface area contributed by atoms with Gasteiger partial charge in [0.05, 0.1) is 12.1 Å². The summed E-state index contributed by atoms with van der Waals surface area (Å²) >= 11 is 1.91. The highest BCUT2D eigenvalue weighted by molar-refractivity contribution is 8.00. The Morgan fingerprint density at radius 3 is 2.84 bits per heavy atom. The van der Waals surface area contributed by atoms with Crippen molar-refractivity contribution in [3.05, 3.63) is 29.8 Å². The molecule has 2 fully saturated rings. The Morgan fingerprint density at radius 1 is 1.24 bits per heavy atom. The van der Waals surface area contributed by atoms with E-state index in [0.717, 1.165) is 37.0 Å². The molecule has 0 aromatic heterocycles. The molecule has 0 aliphatic carbocycles. The minimum Gasteiger partial charge on any atom is -0.508 e. The number of unbranched alkanes of at least 4 members (excludes halogenated alkanes) is 1. The first-order valence-electron chi connectivity index (χ1n) is 8.85. The minimum absolute atomic E-state index is 0.0479. The number of benzene rings is 1. The molecule has 0 bridgehead atoms. The lowest BCUT2D eigenvalue weighted by Gasteiger charge is -2.16. The number of hydrogen-bond donors (Lipinski definition) is 4. The van der Waals surface area contributed by atoms with Crippen LogP contribution in [0.3, 0.4) is 0 Å². The lowest BCUT2D eigenvalue weighted by Crippen LogP contribution is -2.36. The van der Waals surface area contributed by atoms with Crippen LogP contribution in [0.1, 0.15) is 31.2 Å². The van der Waals surface area contributed by atoms with Gasteiger partial charge in [0.1, 0.15) is 5.75 Å². The smallest absolute Gasteiger partial charge is 0.315 e. The fourth-order valence-electron chi connectivity index (χ4n) is 3.37. The van der Waals surface area contributed by atoms with Crippen LogP contribution >= 0.6 is 11.8 Å². The van der Waals surface area contributed by atoms with E-state index in [2.05, 4.69) is 16.0 Å². The van der Waals surface area contributed by atoms with Gasteiger partial charge in [-0.25, -0.2) is 4.79 Å². The topological polar surface area (TPSA) is 90.5 Å². The zero-order valence-electron chi connectivity index (χ0n) is 14.2. The van der Waals surface area contributed by atoms with Crippen molar-refractivity contribution in [1.29, 1.82) is 0 Å². The van der Waals surface area contributed by atoms with Crippen molar-refractivity contribution < 1.29 is 14.7 Å². The van der Waals surface area contributed by atoms with Crippen LogP contribution in [-0.2, 0) is 11.2 Å². The number of phenolic OH excluding ortho intramolecular Hbond substituents is 1. The second kappa shape index (κ2) is 8.47. The molecule has 2 aliphatic rings. The molecule has 0 spiro atoms. The number of urea groups is 1. The first-order valence-corrected chi connectivity index (χ1v) is 9.90. The van der Waals surface area contributed by atoms with Gasteiger partial charge in [0.15, 0.2) is 0 Å². The van der Waals surface area contributed by atoms with Gasteiger partial charge in [-0.2, -0.15) is 11.8 Å². The molecule has 3 rings (SSSR count). The molecule has 0 unspecified atom stereocenters. The maximum absolute atomic E-state index is 11.9. The van der Waals surface area contributed by atoms with E-state index in [1.54, 1.807) is 12.1 Å². The molecule has 3 amide bonds. The minimum atomic E-state index is -0.0479. The molecule has 3 atom stereocenters. The molecule has 136 valence electrons. The molecule has 0 saturated carbocycles. The molecule has 25 heavy (non-hydrogen) atoms. The van der Waals surface area contributed by atoms with Gasteiger partial charge >= 0.3 is 6.03 Å². The van der Waals surface area contributed by atoms with Gasteiger partial charge in [0, 0.05) is 24.0 Å². The summed E-state index contributed by atoms with van der Waals surface area (Å²) in [6, 6.07) is 7.52. The fourth-order valence-corrected chi connectivity index (χ4v) is 4.91. The lowest BCUT2D eigenvalue weighted by atomic mass is 10.0. The number of carbonyl (C=O) groups excluding carboxylic acids is 2. The van der Waals surface area contributed by atoms with Crippen molar-refractivity contribution in [2.24, 2.45) is 0 Å². The Labute approximate surface area is 152 Å². The van der Waals surface area contributed by atoms with Crippen LogP contribution in [0.15, 0.2) is 24.3 Å². The van der Waals surface area contributed by atoms with Crippen LogP contribution in [-0.4, -0.2) is 46.7 Å². The van der Waals surface area contributed by atoms with E-state index in [9.17, 15) is 14.7 Å². The quantitative estimate of drug-likeness (QED) is 0.419. The standard InChI is InChI=1S/C18H25N3O3S/c22-13-7-5-12(6-8-13)9-10-19-16(23)4-2-1-3-15-17-14(11-25-15)20-18(24)21-17/h5-8,14-15,17,22H,1-4,9-11H2,(H,19,23)(H2,20,21,24)/t14-,15+,17+/m1/s1. The molecule has 4 N–H and O–H groups in total. The molecule has 2 saturated heterocycles. The number of thioether (sulfide) groups is 1. The van der Waals surface area contributed by atoms with Gasteiger partial charge in [-0.15, -0.1) is 0 Å². The largest absolute Gasteiger partial charge is 0.508 e. The van der Waals surface area contributed by atoms with Gasteiger partial charge in [0.25, 0.3) is 0 Å². The molecule has 2 heterocycles. The van der Waals surface area contributed by atoms with E-state index >= 15 is 0 Å². The maximum atomic E-state index is 11.9. The van der Waals surface area contributed by atoms with Crippen molar-refractivity contribution in [3.8, 4) is 5.75 Å². The average Bonchev–Trinajstić information content (AvgIpc) is 3.13. The van der Waals surface area contributed by atoms with Crippen LogP contribution in [0.2, 0.25) is 0 Å². The molecule has 1 aromatic rings. The fraction of sp³-hybridized carbons (Fsp3) is 0.556. The molecule has 6 nitrogen and oxygen atoms in total. The monoisotopic (exact) mass is 363 g/mol. The number of fused-ring (bicyclic) bond motifs is 1. The summed E-state index contributed by atoms with van der Waals surface area (Å²) in [5.41, 5.74) is 1.10. The summed E-state index contributed by atoms with van der Waals surface area (Å²) < 4.78 is 0. The van der Waals surface area contributed by atoms with E-state index in [1.165, 1.54) is 0 Å². The van der Waals surface area contributed by atoms with Crippen molar-refractivity contribution in [2.45, 2.75) is 49.4 Å². The van der Waals surface area contributed by atoms with Gasteiger partial charge in [0.2, 0.25) is 5.91 Å². The van der Waals surface area contributed by atoms with Crippen molar-refractivity contribution in [3.63, 3.8) is 0 Å². The summed E-state index contributed by atoms with van der Waals surface area (Å²) in [7, 11) is 0. The predicted octanol–water partition coefficient (Wildman–Crippen LogP) is 1.78. The van der Waals surface area contributed by atoms with Crippen LogP contribution in [0.25, 0.3) is 0 Å². The van der Waals surface area contributed by atoms with Crippen molar-refractivity contribution in [2.75, 3.05) is 12.3 Å². The Kier molecular flexibility index (Phi) is 6.07. The number of rotatable bonds is 8. The zero-order chi connectivity index (χ0) is 17.6. The summed E-state index contributed by atoms with van der Waals surface area (Å²) in [5.74, 6) is 1.32. The third-order valence-corrected chi connectivity index (χ3v) is 6.26. The van der Waals surface area contributed by atoms with E-state index in [1.807, 2.05) is 23.9 Å². The normalized spacial score (nSPS) is 24.5. The highest BCUT2D eigenvalue weighted by Crippen LogP contribution is 2.33. The van der Waals surface area contributed by atoms with Gasteiger partial charge in [-0.3, -0.25) is 4.79 Å². The van der Waals surface area contributed by atoms with E-state index in [-0.39, 0.29) is 29.8 Å². The second-order valence-electron chi connectivity index (χ2n) is 6.63. The molecule has 1 aromatic carbocycles. The van der Waals surface area contributed by atoms with Gasteiger partial charge < -0.3 is 21.1 Å². The number of aromatic hydroxyl groups is 1. The number of phenols is 1. The van der Waals surface area contributed by atoms with Gasteiger partial charge in [-0.1, -0.05) is 18.6 Å². The highest BCUT2D eigenvalue weighted by Gasteiger charge is 2.42. The predicted molar refractivity (Wildman–Crippen MR) is 98.8 cm³/mol. The number of hydrogen-bond acceptors (Lipinski definition) is 4. The Bertz CT molecular complexity index is 608. The molecule has 7 heteroatoms. The third kappa shape index (κ3) is 5.04. The number of carbonyl (C=O) groups is 2.